The average Bonchev–Trinajstić information content (AvgIpc) is 3.11. The van der Waals surface area contributed by atoms with Gasteiger partial charge in [-0.15, -0.1) is 0 Å². The van der Waals surface area contributed by atoms with Crippen molar-refractivity contribution >= 4 is 5.97 Å². The van der Waals surface area contributed by atoms with Crippen molar-refractivity contribution in [1.29, 1.82) is 0 Å². The fraction of sp³-hybridized carbons (Fsp3) is 0.409. The lowest BCUT2D eigenvalue weighted by molar-refractivity contribution is -0.192. The van der Waals surface area contributed by atoms with Crippen molar-refractivity contribution in [2.75, 3.05) is 26.2 Å². The van der Waals surface area contributed by atoms with E-state index in [1.54, 1.807) is 12.1 Å². The zero-order valence-electron chi connectivity index (χ0n) is 17.1. The summed E-state index contributed by atoms with van der Waals surface area (Å²) in [5, 5.41) is 7.12. The van der Waals surface area contributed by atoms with Crippen LogP contribution in [-0.2, 0) is 11.3 Å². The number of fused-ring (bicyclic) bond motifs is 1. The second-order valence-electron chi connectivity index (χ2n) is 7.75. The number of benzene rings is 2. The standard InChI is InChI=1S/C20H22F2N2O.C2HF3O2/c21-16-6-4-15(5-7-16)12-23-8-9-24-14-20(11-18(24)13-23)25-19-3-1-2-17(22)10-19;3-2(4,5)1(6)7/h1-7,10,18,20H,8-9,11-14H2;(H,6,7). The number of nitrogens with zero attached hydrogens (tertiary/aromatic N) is 2. The number of hydrogen-bond acceptors (Lipinski definition) is 4. The van der Waals surface area contributed by atoms with Gasteiger partial charge < -0.3 is 9.84 Å². The Balaban J connectivity index is 0.000000360. The van der Waals surface area contributed by atoms with E-state index in [1.807, 2.05) is 12.1 Å². The molecule has 10 heteroatoms. The lowest BCUT2D eigenvalue weighted by Gasteiger charge is -2.37. The highest BCUT2D eigenvalue weighted by atomic mass is 19.4. The van der Waals surface area contributed by atoms with Gasteiger partial charge in [-0.25, -0.2) is 13.6 Å². The molecule has 0 saturated carbocycles. The van der Waals surface area contributed by atoms with Gasteiger partial charge in [-0.05, 0) is 29.8 Å². The molecule has 0 radical (unpaired) electrons. The minimum atomic E-state index is -5.08. The van der Waals surface area contributed by atoms with Crippen molar-refractivity contribution in [2.24, 2.45) is 0 Å². The van der Waals surface area contributed by atoms with Crippen LogP contribution in [0.15, 0.2) is 48.5 Å². The first-order chi connectivity index (χ1) is 15.1. The minimum Gasteiger partial charge on any atom is -0.489 e. The molecule has 2 atom stereocenters. The predicted octanol–water partition coefficient (Wildman–Crippen LogP) is 3.94. The van der Waals surface area contributed by atoms with E-state index < -0.39 is 12.1 Å². The van der Waals surface area contributed by atoms with E-state index in [1.165, 1.54) is 24.3 Å². The van der Waals surface area contributed by atoms with Crippen LogP contribution in [-0.4, -0.2) is 65.4 Å². The molecule has 32 heavy (non-hydrogen) atoms. The van der Waals surface area contributed by atoms with Crippen LogP contribution in [0.25, 0.3) is 0 Å². The van der Waals surface area contributed by atoms with E-state index in [0.717, 1.165) is 44.7 Å². The van der Waals surface area contributed by atoms with Crippen LogP contribution in [0.2, 0.25) is 0 Å². The van der Waals surface area contributed by atoms with Crippen molar-refractivity contribution < 1.29 is 36.6 Å². The largest absolute Gasteiger partial charge is 0.490 e. The highest BCUT2D eigenvalue weighted by molar-refractivity contribution is 5.73. The Morgan fingerprint density at radius 2 is 1.72 bits per heavy atom. The van der Waals surface area contributed by atoms with Gasteiger partial charge in [0.25, 0.3) is 0 Å². The van der Waals surface area contributed by atoms with Crippen LogP contribution in [0.5, 0.6) is 5.75 Å². The molecule has 0 spiro atoms. The lowest BCUT2D eigenvalue weighted by Crippen LogP contribution is -2.49. The highest BCUT2D eigenvalue weighted by Gasteiger charge is 2.38. The van der Waals surface area contributed by atoms with Crippen LogP contribution in [0.4, 0.5) is 22.0 Å². The fourth-order valence-electron chi connectivity index (χ4n) is 3.87. The molecule has 4 rings (SSSR count). The van der Waals surface area contributed by atoms with Gasteiger partial charge in [-0.1, -0.05) is 18.2 Å². The topological polar surface area (TPSA) is 53.0 Å². The molecular formula is C22H23F5N2O3. The fourth-order valence-corrected chi connectivity index (χ4v) is 3.87. The monoisotopic (exact) mass is 458 g/mol. The predicted molar refractivity (Wildman–Crippen MR) is 106 cm³/mol. The van der Waals surface area contributed by atoms with Crippen molar-refractivity contribution in [3.05, 3.63) is 65.7 Å². The van der Waals surface area contributed by atoms with E-state index in [4.69, 9.17) is 14.6 Å². The molecule has 2 fully saturated rings. The SMILES string of the molecule is Fc1ccc(CN2CCN3CC(Oc4cccc(F)c4)CC3C2)cc1.O=C(O)C(F)(F)F. The lowest BCUT2D eigenvalue weighted by atomic mass is 10.1. The normalized spacial score (nSPS) is 21.4. The van der Waals surface area contributed by atoms with Crippen LogP contribution in [0, 0.1) is 11.6 Å². The molecule has 0 aliphatic carbocycles. The molecule has 2 heterocycles. The van der Waals surface area contributed by atoms with Crippen LogP contribution >= 0.6 is 0 Å². The number of halogens is 5. The third kappa shape index (κ3) is 6.89. The number of carboxylic acid groups (broad SMARTS) is 1. The van der Waals surface area contributed by atoms with Gasteiger partial charge in [-0.2, -0.15) is 13.2 Å². The van der Waals surface area contributed by atoms with E-state index >= 15 is 0 Å². The molecule has 1 N–H and O–H groups in total. The van der Waals surface area contributed by atoms with E-state index in [0.29, 0.717) is 11.8 Å². The first-order valence-electron chi connectivity index (χ1n) is 10.0. The summed E-state index contributed by atoms with van der Waals surface area (Å²) in [6, 6.07) is 13.6. The molecule has 2 aromatic rings. The van der Waals surface area contributed by atoms with Crippen molar-refractivity contribution in [3.63, 3.8) is 0 Å². The quantitative estimate of drug-likeness (QED) is 0.704. The van der Waals surface area contributed by atoms with Crippen molar-refractivity contribution in [1.82, 2.24) is 9.80 Å². The minimum absolute atomic E-state index is 0.109. The molecule has 2 saturated heterocycles. The Bertz CT molecular complexity index is 907. The summed E-state index contributed by atoms with van der Waals surface area (Å²) in [5.74, 6) is -2.61. The summed E-state index contributed by atoms with van der Waals surface area (Å²) in [6.45, 7) is 4.74. The zero-order valence-corrected chi connectivity index (χ0v) is 17.1. The smallest absolute Gasteiger partial charge is 0.489 e. The second kappa shape index (κ2) is 10.3. The van der Waals surface area contributed by atoms with Crippen LogP contribution < -0.4 is 4.74 Å². The number of carboxylic acids is 1. The Morgan fingerprint density at radius 1 is 1.03 bits per heavy atom. The van der Waals surface area contributed by atoms with Crippen LogP contribution in [0.3, 0.4) is 0 Å². The van der Waals surface area contributed by atoms with E-state index in [-0.39, 0.29) is 17.7 Å². The molecule has 2 aliphatic heterocycles. The maximum Gasteiger partial charge on any atom is 0.490 e. The Labute approximate surface area is 182 Å². The number of piperazine rings is 1. The second-order valence-corrected chi connectivity index (χ2v) is 7.75. The summed E-state index contributed by atoms with van der Waals surface area (Å²) in [5.41, 5.74) is 1.14. The molecule has 5 nitrogen and oxygen atoms in total. The Kier molecular flexibility index (Phi) is 7.68. The molecule has 2 aromatic carbocycles. The molecular weight excluding hydrogens is 435 g/mol. The number of alkyl halides is 3. The van der Waals surface area contributed by atoms with Gasteiger partial charge in [0, 0.05) is 51.3 Å². The third-order valence-electron chi connectivity index (χ3n) is 5.32. The number of hydrogen-bond donors (Lipinski definition) is 1. The Hall–Kier alpha value is -2.72. The molecule has 2 unspecified atom stereocenters. The van der Waals surface area contributed by atoms with Gasteiger partial charge in [0.2, 0.25) is 0 Å². The van der Waals surface area contributed by atoms with E-state index in [2.05, 4.69) is 9.80 Å². The zero-order chi connectivity index (χ0) is 23.3. The summed E-state index contributed by atoms with van der Waals surface area (Å²) >= 11 is 0. The number of aliphatic carboxylic acids is 1. The molecule has 174 valence electrons. The number of ether oxygens (including phenoxy) is 1. The van der Waals surface area contributed by atoms with Crippen molar-refractivity contribution in [2.45, 2.75) is 31.3 Å². The van der Waals surface area contributed by atoms with Gasteiger partial charge >= 0.3 is 12.1 Å². The van der Waals surface area contributed by atoms with Gasteiger partial charge in [0.05, 0.1) is 0 Å². The molecule has 0 bridgehead atoms. The highest BCUT2D eigenvalue weighted by Crippen LogP contribution is 2.26. The van der Waals surface area contributed by atoms with Gasteiger partial charge in [-0.3, -0.25) is 9.80 Å². The Morgan fingerprint density at radius 3 is 2.34 bits per heavy atom. The first kappa shape index (κ1) is 23.9. The maximum absolute atomic E-state index is 13.3. The summed E-state index contributed by atoms with van der Waals surface area (Å²) in [4.78, 5) is 13.8. The van der Waals surface area contributed by atoms with E-state index in [9.17, 15) is 22.0 Å². The third-order valence-corrected chi connectivity index (χ3v) is 5.32. The number of carbonyl (C=O) groups is 1. The van der Waals surface area contributed by atoms with Crippen molar-refractivity contribution in [3.8, 4) is 5.75 Å². The summed E-state index contributed by atoms with van der Waals surface area (Å²) < 4.78 is 64.0. The molecule has 0 aromatic heterocycles. The molecule has 2 aliphatic rings. The maximum atomic E-state index is 13.3. The summed E-state index contributed by atoms with van der Waals surface area (Å²) in [6.07, 6.45) is -4.02. The van der Waals surface area contributed by atoms with Crippen LogP contribution in [0.1, 0.15) is 12.0 Å². The molecule has 0 amide bonds. The number of rotatable bonds is 4. The average molecular weight is 458 g/mol. The van der Waals surface area contributed by atoms with Gasteiger partial charge in [0.1, 0.15) is 23.5 Å². The van der Waals surface area contributed by atoms with Gasteiger partial charge in [0.15, 0.2) is 0 Å². The first-order valence-corrected chi connectivity index (χ1v) is 10.0. The summed E-state index contributed by atoms with van der Waals surface area (Å²) in [7, 11) is 0.